The number of rotatable bonds is 5. The van der Waals surface area contributed by atoms with Gasteiger partial charge in [0.2, 0.25) is 0 Å². The summed E-state index contributed by atoms with van der Waals surface area (Å²) in [6.07, 6.45) is 3.48. The molecule has 0 aromatic heterocycles. The molecule has 1 saturated heterocycles. The molecule has 4 nitrogen and oxygen atoms in total. The van der Waals surface area contributed by atoms with Crippen LogP contribution in [-0.2, 0) is 25.3 Å². The molecule has 1 aliphatic carbocycles. The lowest BCUT2D eigenvalue weighted by Gasteiger charge is -2.32. The molecular formula is C20H28BClO4. The van der Waals surface area contributed by atoms with Crippen LogP contribution in [0.5, 0.6) is 0 Å². The third-order valence-electron chi connectivity index (χ3n) is 6.04. The molecule has 0 radical (unpaired) electrons. The van der Waals surface area contributed by atoms with Crippen LogP contribution in [0.4, 0.5) is 0 Å². The van der Waals surface area contributed by atoms with Crippen molar-refractivity contribution in [1.82, 2.24) is 0 Å². The van der Waals surface area contributed by atoms with E-state index < -0.39 is 0 Å². The Morgan fingerprint density at radius 1 is 1.15 bits per heavy atom. The smallest absolute Gasteiger partial charge is 0.462 e. The van der Waals surface area contributed by atoms with E-state index in [1.807, 2.05) is 52.0 Å². The van der Waals surface area contributed by atoms with Crippen LogP contribution < -0.4 is 0 Å². The molecule has 1 aliphatic heterocycles. The van der Waals surface area contributed by atoms with Crippen LogP contribution in [0.3, 0.4) is 0 Å². The molecule has 1 heterocycles. The maximum Gasteiger partial charge on any atom is 0.462 e. The zero-order valence-electron chi connectivity index (χ0n) is 16.1. The van der Waals surface area contributed by atoms with Gasteiger partial charge in [0.05, 0.1) is 23.7 Å². The number of hydrogen-bond donors (Lipinski definition) is 0. The second-order valence-corrected chi connectivity index (χ2v) is 8.81. The Labute approximate surface area is 161 Å². The fraction of sp³-hybridized carbons (Fsp3) is 0.650. The number of carbonyl (C=O) groups excluding carboxylic acids is 1. The second-order valence-electron chi connectivity index (χ2n) is 8.37. The van der Waals surface area contributed by atoms with Crippen molar-refractivity contribution in [2.75, 3.05) is 6.61 Å². The molecule has 0 unspecified atom stereocenters. The first-order valence-corrected chi connectivity index (χ1v) is 9.84. The molecule has 0 spiro atoms. The Morgan fingerprint density at radius 3 is 2.38 bits per heavy atom. The van der Waals surface area contributed by atoms with Crippen LogP contribution in [0, 0.1) is 5.92 Å². The van der Waals surface area contributed by atoms with E-state index in [9.17, 15) is 4.79 Å². The maximum absolute atomic E-state index is 12.6. The Kier molecular flexibility index (Phi) is 5.71. The third kappa shape index (κ3) is 4.10. The summed E-state index contributed by atoms with van der Waals surface area (Å²) in [5.74, 6) is -0.204. The molecule has 142 valence electrons. The fourth-order valence-corrected chi connectivity index (χ4v) is 3.82. The molecule has 2 fully saturated rings. The number of carbonyl (C=O) groups is 1. The Balaban J connectivity index is 1.54. The molecule has 0 N–H and O–H groups in total. The topological polar surface area (TPSA) is 44.8 Å². The highest BCUT2D eigenvalue weighted by molar-refractivity contribution is 6.48. The molecule has 2 atom stereocenters. The van der Waals surface area contributed by atoms with Crippen molar-refractivity contribution >= 4 is 24.7 Å². The van der Waals surface area contributed by atoms with Crippen molar-refractivity contribution in [3.8, 4) is 0 Å². The van der Waals surface area contributed by atoms with Crippen LogP contribution in [0.1, 0.15) is 52.5 Å². The molecular weight excluding hydrogens is 350 g/mol. The lowest BCUT2D eigenvalue weighted by atomic mass is 9.66. The van der Waals surface area contributed by atoms with Crippen LogP contribution in [0.15, 0.2) is 24.3 Å². The summed E-state index contributed by atoms with van der Waals surface area (Å²) in [5, 5.41) is 0.710. The van der Waals surface area contributed by atoms with Crippen LogP contribution in [-0.4, -0.2) is 30.9 Å². The van der Waals surface area contributed by atoms with Crippen molar-refractivity contribution in [1.29, 1.82) is 0 Å². The summed E-state index contributed by atoms with van der Waals surface area (Å²) in [6.45, 7) is 8.55. The number of halogens is 1. The number of esters is 1. The highest BCUT2D eigenvalue weighted by Crippen LogP contribution is 2.47. The van der Waals surface area contributed by atoms with Gasteiger partial charge in [0.25, 0.3) is 0 Å². The average molecular weight is 379 g/mol. The summed E-state index contributed by atoms with van der Waals surface area (Å²) in [6, 6.07) is 7.62. The molecule has 0 amide bonds. The van der Waals surface area contributed by atoms with Crippen molar-refractivity contribution in [2.45, 2.75) is 70.4 Å². The molecule has 1 aromatic carbocycles. The largest absolute Gasteiger partial charge is 0.465 e. The van der Waals surface area contributed by atoms with Gasteiger partial charge in [0.1, 0.15) is 0 Å². The predicted molar refractivity (Wildman–Crippen MR) is 103 cm³/mol. The normalized spacial score (nSPS) is 26.9. The predicted octanol–water partition coefficient (Wildman–Crippen LogP) is 4.69. The SMILES string of the molecule is CC1(C)OB([C@H]2CCC[C@H]2C(=O)OCCc2ccc(Cl)cc2)OC1(C)C. The van der Waals surface area contributed by atoms with Crippen LogP contribution >= 0.6 is 11.6 Å². The summed E-state index contributed by atoms with van der Waals surface area (Å²) in [4.78, 5) is 12.6. The van der Waals surface area contributed by atoms with Crippen LogP contribution in [0.2, 0.25) is 10.8 Å². The monoisotopic (exact) mass is 378 g/mol. The zero-order chi connectivity index (χ0) is 18.9. The van der Waals surface area contributed by atoms with Crippen molar-refractivity contribution in [3.05, 3.63) is 34.9 Å². The number of hydrogen-bond acceptors (Lipinski definition) is 4. The van der Waals surface area contributed by atoms with Gasteiger partial charge >= 0.3 is 13.1 Å². The minimum absolute atomic E-state index is 0.0686. The molecule has 2 aliphatic rings. The van der Waals surface area contributed by atoms with Crippen molar-refractivity contribution < 1.29 is 18.8 Å². The van der Waals surface area contributed by atoms with Gasteiger partial charge in [0.15, 0.2) is 0 Å². The van der Waals surface area contributed by atoms with E-state index in [0.717, 1.165) is 24.8 Å². The van der Waals surface area contributed by atoms with E-state index in [1.165, 1.54) is 0 Å². The van der Waals surface area contributed by atoms with Gasteiger partial charge in [-0.2, -0.15) is 0 Å². The summed E-state index contributed by atoms with van der Waals surface area (Å²) in [7, 11) is -0.337. The van der Waals surface area contributed by atoms with Gasteiger partial charge in [-0.3, -0.25) is 4.79 Å². The first kappa shape index (κ1) is 19.7. The summed E-state index contributed by atoms with van der Waals surface area (Å²) >= 11 is 5.89. The van der Waals surface area contributed by atoms with E-state index >= 15 is 0 Å². The number of ether oxygens (including phenoxy) is 1. The Bertz CT molecular complexity index is 628. The Morgan fingerprint density at radius 2 is 1.77 bits per heavy atom. The quantitative estimate of drug-likeness (QED) is 0.551. The molecule has 6 heteroatoms. The summed E-state index contributed by atoms with van der Waals surface area (Å²) in [5.41, 5.74) is 0.364. The highest BCUT2D eigenvalue weighted by Gasteiger charge is 2.56. The van der Waals surface area contributed by atoms with Crippen molar-refractivity contribution in [3.63, 3.8) is 0 Å². The van der Waals surface area contributed by atoms with E-state index in [2.05, 4.69) is 0 Å². The van der Waals surface area contributed by atoms with Crippen molar-refractivity contribution in [2.24, 2.45) is 5.92 Å². The molecule has 3 rings (SSSR count). The molecule has 1 saturated carbocycles. The average Bonchev–Trinajstić information content (AvgIpc) is 3.12. The van der Waals surface area contributed by atoms with Gasteiger partial charge < -0.3 is 14.0 Å². The first-order chi connectivity index (χ1) is 12.2. The van der Waals surface area contributed by atoms with E-state index in [1.54, 1.807) is 0 Å². The highest BCUT2D eigenvalue weighted by atomic mass is 35.5. The summed E-state index contributed by atoms with van der Waals surface area (Å²) < 4.78 is 17.9. The number of benzene rings is 1. The zero-order valence-corrected chi connectivity index (χ0v) is 16.8. The lowest BCUT2D eigenvalue weighted by Crippen LogP contribution is -2.41. The molecule has 1 aromatic rings. The molecule has 26 heavy (non-hydrogen) atoms. The van der Waals surface area contributed by atoms with Gasteiger partial charge in [-0.25, -0.2) is 0 Å². The first-order valence-electron chi connectivity index (χ1n) is 9.46. The maximum atomic E-state index is 12.6. The third-order valence-corrected chi connectivity index (χ3v) is 6.29. The van der Waals surface area contributed by atoms with Gasteiger partial charge in [-0.1, -0.05) is 36.6 Å². The van der Waals surface area contributed by atoms with E-state index in [4.69, 9.17) is 25.6 Å². The van der Waals surface area contributed by atoms with E-state index in [0.29, 0.717) is 18.1 Å². The second kappa shape index (κ2) is 7.53. The lowest BCUT2D eigenvalue weighted by molar-refractivity contribution is -0.148. The Hall–Kier alpha value is -1.04. The molecule has 0 bridgehead atoms. The fourth-order valence-electron chi connectivity index (χ4n) is 3.70. The standard InChI is InChI=1S/C20H28BClO4/c1-19(2)20(3,4)26-21(25-19)17-7-5-6-16(17)18(23)24-13-12-14-8-10-15(22)11-9-14/h8-11,16-17H,5-7,12-13H2,1-4H3/t16-,17+/m1/s1. The minimum Gasteiger partial charge on any atom is -0.465 e. The van der Waals surface area contributed by atoms with Crippen LogP contribution in [0.25, 0.3) is 0 Å². The van der Waals surface area contributed by atoms with Gasteiger partial charge in [-0.15, -0.1) is 0 Å². The van der Waals surface area contributed by atoms with E-state index in [-0.39, 0.29) is 36.0 Å². The van der Waals surface area contributed by atoms with Gasteiger partial charge in [-0.05, 0) is 51.8 Å². The minimum atomic E-state index is -0.372. The van der Waals surface area contributed by atoms with Gasteiger partial charge in [0, 0.05) is 17.3 Å².